The highest BCUT2D eigenvalue weighted by molar-refractivity contribution is 5.92. The number of rotatable bonds is 13. The molecule has 0 aliphatic heterocycles. The topological polar surface area (TPSA) is 56.2 Å². The first-order chi connectivity index (χ1) is 16.0. The lowest BCUT2D eigenvalue weighted by atomic mass is 10.0. The van der Waals surface area contributed by atoms with Gasteiger partial charge in [0.05, 0.1) is 17.6 Å². The number of amides is 1. The minimum atomic E-state index is -0.0602. The second kappa shape index (κ2) is 12.2. The first-order valence-electron chi connectivity index (χ1n) is 12.1. The largest absolute Gasteiger partial charge is 0.493 e. The lowest BCUT2D eigenvalue weighted by molar-refractivity contribution is -0.117. The number of aromatic nitrogens is 2. The molecule has 5 nitrogen and oxygen atoms in total. The second-order valence-electron chi connectivity index (χ2n) is 8.91. The first kappa shape index (κ1) is 24.6. The average Bonchev–Trinajstić information content (AvgIpc) is 3.16. The number of para-hydroxylation sites is 3. The maximum Gasteiger partial charge on any atom is 0.246 e. The van der Waals surface area contributed by atoms with E-state index < -0.39 is 0 Å². The van der Waals surface area contributed by atoms with E-state index in [1.807, 2.05) is 12.1 Å². The Kier molecular flexibility index (Phi) is 9.11. The molecule has 1 heterocycles. The van der Waals surface area contributed by atoms with Gasteiger partial charge in [0.2, 0.25) is 5.91 Å². The number of carbonyl (C=O) groups excluding carboxylic acids is 1. The fraction of sp³-hybridized carbons (Fsp3) is 0.429. The van der Waals surface area contributed by atoms with Crippen LogP contribution in [0.1, 0.15) is 63.8 Å². The van der Waals surface area contributed by atoms with E-state index in [0.29, 0.717) is 24.6 Å². The third-order valence-electron chi connectivity index (χ3n) is 5.81. The molecule has 0 saturated carbocycles. The maximum atomic E-state index is 11.6. The Bertz CT molecular complexity index is 1070. The minimum absolute atomic E-state index is 0.0602. The zero-order valence-corrected chi connectivity index (χ0v) is 20.3. The SMILES string of the molecule is C=C(C)C(=O)NCCCCCc1nc2ccccc2n1CCCOc1ccccc1C(C)C. The molecule has 2 aromatic carbocycles. The number of hydrogen-bond acceptors (Lipinski definition) is 3. The van der Waals surface area contributed by atoms with Crippen molar-refractivity contribution in [3.63, 3.8) is 0 Å². The Morgan fingerprint density at radius 2 is 1.82 bits per heavy atom. The van der Waals surface area contributed by atoms with E-state index >= 15 is 0 Å². The molecule has 5 heteroatoms. The van der Waals surface area contributed by atoms with Gasteiger partial charge in [-0.3, -0.25) is 4.79 Å². The average molecular weight is 448 g/mol. The summed E-state index contributed by atoms with van der Waals surface area (Å²) in [5.74, 6) is 2.50. The van der Waals surface area contributed by atoms with Crippen LogP contribution in [0.5, 0.6) is 5.75 Å². The quantitative estimate of drug-likeness (QED) is 0.257. The van der Waals surface area contributed by atoms with E-state index in [1.165, 1.54) is 11.1 Å². The minimum Gasteiger partial charge on any atom is -0.493 e. The Labute approximate surface area is 197 Å². The van der Waals surface area contributed by atoms with Crippen molar-refractivity contribution in [3.8, 4) is 5.75 Å². The third kappa shape index (κ3) is 6.95. The molecule has 1 N–H and O–H groups in total. The second-order valence-corrected chi connectivity index (χ2v) is 8.91. The summed E-state index contributed by atoms with van der Waals surface area (Å²) in [7, 11) is 0. The summed E-state index contributed by atoms with van der Waals surface area (Å²) < 4.78 is 8.48. The van der Waals surface area contributed by atoms with Gasteiger partial charge in [-0.15, -0.1) is 0 Å². The fourth-order valence-corrected chi connectivity index (χ4v) is 4.00. The van der Waals surface area contributed by atoms with Gasteiger partial charge >= 0.3 is 0 Å². The van der Waals surface area contributed by atoms with Gasteiger partial charge in [-0.2, -0.15) is 0 Å². The molecule has 1 amide bonds. The number of ether oxygens (including phenoxy) is 1. The number of carbonyl (C=O) groups is 1. The van der Waals surface area contributed by atoms with Crippen LogP contribution in [0, 0.1) is 0 Å². The van der Waals surface area contributed by atoms with E-state index in [-0.39, 0.29) is 5.91 Å². The summed E-state index contributed by atoms with van der Waals surface area (Å²) in [5, 5.41) is 2.90. The van der Waals surface area contributed by atoms with Crippen molar-refractivity contribution in [2.24, 2.45) is 0 Å². The number of nitrogens with one attached hydrogen (secondary N) is 1. The molecule has 3 rings (SSSR count). The van der Waals surface area contributed by atoms with Crippen LogP contribution in [0.25, 0.3) is 11.0 Å². The van der Waals surface area contributed by atoms with E-state index in [0.717, 1.165) is 55.7 Å². The number of nitrogens with zero attached hydrogens (tertiary/aromatic N) is 2. The standard InChI is InChI=1S/C28H37N3O2/c1-21(2)23-13-7-10-16-26(23)33-20-12-19-31-25-15-9-8-14-24(25)30-27(31)17-6-5-11-18-29-28(32)22(3)4/h7-10,13-16,21H,3,5-6,11-12,17-20H2,1-2,4H3,(H,29,32). The van der Waals surface area contributed by atoms with Gasteiger partial charge in [0.25, 0.3) is 0 Å². The number of benzene rings is 2. The molecule has 0 saturated heterocycles. The highest BCUT2D eigenvalue weighted by Gasteiger charge is 2.11. The molecular formula is C28H37N3O2. The smallest absolute Gasteiger partial charge is 0.246 e. The van der Waals surface area contributed by atoms with Crippen molar-refractivity contribution in [2.45, 2.75) is 65.3 Å². The Morgan fingerprint density at radius 3 is 2.61 bits per heavy atom. The number of aryl methyl sites for hydroxylation is 2. The van der Waals surface area contributed by atoms with Crippen molar-refractivity contribution >= 4 is 16.9 Å². The summed E-state index contributed by atoms with van der Waals surface area (Å²) in [6.07, 6.45) is 4.91. The van der Waals surface area contributed by atoms with E-state index in [4.69, 9.17) is 9.72 Å². The summed E-state index contributed by atoms with van der Waals surface area (Å²) >= 11 is 0. The molecule has 33 heavy (non-hydrogen) atoms. The van der Waals surface area contributed by atoms with Gasteiger partial charge in [-0.05, 0) is 55.9 Å². The van der Waals surface area contributed by atoms with Gasteiger partial charge in [0.15, 0.2) is 0 Å². The number of imidazole rings is 1. The van der Waals surface area contributed by atoms with Crippen LogP contribution in [0.15, 0.2) is 60.7 Å². The molecule has 0 spiro atoms. The molecule has 3 aromatic rings. The van der Waals surface area contributed by atoms with Crippen molar-refractivity contribution in [3.05, 3.63) is 72.1 Å². The summed E-state index contributed by atoms with van der Waals surface area (Å²) in [4.78, 5) is 16.5. The zero-order chi connectivity index (χ0) is 23.6. The van der Waals surface area contributed by atoms with Gasteiger partial charge < -0.3 is 14.6 Å². The van der Waals surface area contributed by atoms with Crippen LogP contribution in [0.3, 0.4) is 0 Å². The van der Waals surface area contributed by atoms with Gasteiger partial charge in [0, 0.05) is 25.1 Å². The Balaban J connectivity index is 1.53. The molecule has 1 aromatic heterocycles. The molecular weight excluding hydrogens is 410 g/mol. The van der Waals surface area contributed by atoms with Crippen LogP contribution in [-0.2, 0) is 17.8 Å². The van der Waals surface area contributed by atoms with Crippen molar-refractivity contribution in [1.82, 2.24) is 14.9 Å². The molecule has 0 aliphatic carbocycles. The monoisotopic (exact) mass is 447 g/mol. The molecule has 0 fully saturated rings. The molecule has 0 bridgehead atoms. The molecule has 0 radical (unpaired) electrons. The maximum absolute atomic E-state index is 11.6. The van der Waals surface area contributed by atoms with Crippen LogP contribution in [0.2, 0.25) is 0 Å². The predicted molar refractivity (Wildman–Crippen MR) is 136 cm³/mol. The van der Waals surface area contributed by atoms with E-state index in [9.17, 15) is 4.79 Å². The number of unbranched alkanes of at least 4 members (excludes halogenated alkanes) is 2. The van der Waals surface area contributed by atoms with Crippen molar-refractivity contribution in [2.75, 3.05) is 13.2 Å². The van der Waals surface area contributed by atoms with Gasteiger partial charge in [0.1, 0.15) is 11.6 Å². The predicted octanol–water partition coefficient (Wildman–Crippen LogP) is 6.03. The van der Waals surface area contributed by atoms with E-state index in [2.05, 4.69) is 66.7 Å². The first-order valence-corrected chi connectivity index (χ1v) is 12.1. The van der Waals surface area contributed by atoms with Crippen molar-refractivity contribution < 1.29 is 9.53 Å². The van der Waals surface area contributed by atoms with Crippen LogP contribution < -0.4 is 10.1 Å². The van der Waals surface area contributed by atoms with Crippen LogP contribution in [0.4, 0.5) is 0 Å². The molecule has 0 aliphatic rings. The molecule has 176 valence electrons. The highest BCUT2D eigenvalue weighted by Crippen LogP contribution is 2.26. The Morgan fingerprint density at radius 1 is 1.06 bits per heavy atom. The molecule has 0 atom stereocenters. The highest BCUT2D eigenvalue weighted by atomic mass is 16.5. The lowest BCUT2D eigenvalue weighted by Gasteiger charge is -2.14. The van der Waals surface area contributed by atoms with Crippen molar-refractivity contribution in [1.29, 1.82) is 0 Å². The zero-order valence-electron chi connectivity index (χ0n) is 20.3. The number of hydrogen-bond donors (Lipinski definition) is 1. The van der Waals surface area contributed by atoms with E-state index in [1.54, 1.807) is 6.92 Å². The summed E-state index contributed by atoms with van der Waals surface area (Å²) in [6, 6.07) is 16.7. The number of fused-ring (bicyclic) bond motifs is 1. The van der Waals surface area contributed by atoms with Crippen LogP contribution in [-0.4, -0.2) is 28.6 Å². The van der Waals surface area contributed by atoms with Gasteiger partial charge in [-0.1, -0.05) is 57.2 Å². The van der Waals surface area contributed by atoms with Crippen LogP contribution >= 0.6 is 0 Å². The fourth-order valence-electron chi connectivity index (χ4n) is 4.00. The van der Waals surface area contributed by atoms with Gasteiger partial charge in [-0.25, -0.2) is 4.98 Å². The summed E-state index contributed by atoms with van der Waals surface area (Å²) in [5.41, 5.74) is 4.04. The third-order valence-corrected chi connectivity index (χ3v) is 5.81. The molecule has 0 unspecified atom stereocenters. The lowest BCUT2D eigenvalue weighted by Crippen LogP contribution is -2.24. The normalized spacial score (nSPS) is 11.2. The summed E-state index contributed by atoms with van der Waals surface area (Å²) in [6.45, 7) is 12.0. The Hall–Kier alpha value is -3.08.